The van der Waals surface area contributed by atoms with E-state index in [4.69, 9.17) is 9.47 Å². The third kappa shape index (κ3) is 2.90. The van der Waals surface area contributed by atoms with Crippen molar-refractivity contribution in [3.05, 3.63) is 60.6 Å². The summed E-state index contributed by atoms with van der Waals surface area (Å²) in [6.45, 7) is 3.67. The number of cyclic esters (lactones) is 1. The van der Waals surface area contributed by atoms with Gasteiger partial charge < -0.3 is 18.8 Å². The molecule has 7 nitrogen and oxygen atoms in total. The first-order chi connectivity index (χ1) is 13.3. The number of anilines is 2. The number of morpholine rings is 1. The normalized spacial score (nSPS) is 20.3. The molecule has 0 bridgehead atoms. The maximum absolute atomic E-state index is 12.4. The van der Waals surface area contributed by atoms with Gasteiger partial charge in [-0.25, -0.2) is 9.78 Å². The summed E-state index contributed by atoms with van der Waals surface area (Å²) in [5, 5.41) is 0. The number of imidazole rings is 1. The Morgan fingerprint density at radius 3 is 2.63 bits per heavy atom. The number of hydrogen-bond acceptors (Lipinski definition) is 5. The number of fused-ring (bicyclic) bond motifs is 1. The second kappa shape index (κ2) is 6.59. The largest absolute Gasteiger partial charge is 0.447 e. The van der Waals surface area contributed by atoms with Gasteiger partial charge in [-0.1, -0.05) is 12.1 Å². The lowest BCUT2D eigenvalue weighted by molar-refractivity contribution is 0.122. The van der Waals surface area contributed by atoms with E-state index >= 15 is 0 Å². The standard InChI is InChI=1S/C20H20N4O3/c25-20-24(17-5-7-23-8-6-21-19(23)13-17)18(14-27-20)15-1-3-16(4-2-15)22-9-11-26-12-10-22/h1-8,13,18H,9-12,14H2/t18-/m1/s1. The van der Waals surface area contributed by atoms with Gasteiger partial charge >= 0.3 is 6.09 Å². The first-order valence-electron chi connectivity index (χ1n) is 9.11. The second-order valence-corrected chi connectivity index (χ2v) is 6.73. The Balaban J connectivity index is 1.43. The first-order valence-corrected chi connectivity index (χ1v) is 9.11. The topological polar surface area (TPSA) is 59.3 Å². The molecule has 0 N–H and O–H groups in total. The molecule has 2 saturated heterocycles. The molecule has 3 aromatic rings. The Labute approximate surface area is 156 Å². The first kappa shape index (κ1) is 16.1. The summed E-state index contributed by atoms with van der Waals surface area (Å²) >= 11 is 0. The fourth-order valence-electron chi connectivity index (χ4n) is 3.73. The van der Waals surface area contributed by atoms with Gasteiger partial charge in [0.1, 0.15) is 12.3 Å². The van der Waals surface area contributed by atoms with Gasteiger partial charge in [-0.15, -0.1) is 0 Å². The Hall–Kier alpha value is -3.06. The zero-order chi connectivity index (χ0) is 18.2. The number of aromatic nitrogens is 2. The third-order valence-corrected chi connectivity index (χ3v) is 5.19. The number of benzene rings is 1. The van der Waals surface area contributed by atoms with E-state index < -0.39 is 0 Å². The minimum Gasteiger partial charge on any atom is -0.447 e. The number of hydrogen-bond donors (Lipinski definition) is 0. The van der Waals surface area contributed by atoms with Gasteiger partial charge in [-0.3, -0.25) is 4.90 Å². The summed E-state index contributed by atoms with van der Waals surface area (Å²) in [6, 6.07) is 12.1. The summed E-state index contributed by atoms with van der Waals surface area (Å²) in [4.78, 5) is 20.7. The number of carbonyl (C=O) groups is 1. The van der Waals surface area contributed by atoms with E-state index in [1.54, 1.807) is 11.1 Å². The van der Waals surface area contributed by atoms with Crippen molar-refractivity contribution in [2.75, 3.05) is 42.7 Å². The Morgan fingerprint density at radius 1 is 1.00 bits per heavy atom. The lowest BCUT2D eigenvalue weighted by atomic mass is 10.1. The van der Waals surface area contributed by atoms with Gasteiger partial charge in [-0.2, -0.15) is 0 Å². The SMILES string of the molecule is O=C1OC[C@H](c2ccc(N3CCOCC3)cc2)N1c1ccn2ccnc2c1. The molecule has 2 aliphatic rings. The fourth-order valence-corrected chi connectivity index (χ4v) is 3.73. The quantitative estimate of drug-likeness (QED) is 0.715. The van der Waals surface area contributed by atoms with Gasteiger partial charge in [0.05, 0.1) is 24.9 Å². The van der Waals surface area contributed by atoms with E-state index in [9.17, 15) is 4.79 Å². The average Bonchev–Trinajstić information content (AvgIpc) is 3.34. The molecule has 7 heteroatoms. The second-order valence-electron chi connectivity index (χ2n) is 6.73. The molecule has 0 spiro atoms. The molecule has 0 radical (unpaired) electrons. The molecule has 1 aromatic carbocycles. The number of amides is 1. The van der Waals surface area contributed by atoms with Crippen LogP contribution in [-0.4, -0.2) is 48.4 Å². The lowest BCUT2D eigenvalue weighted by Gasteiger charge is -2.29. The summed E-state index contributed by atoms with van der Waals surface area (Å²) in [5.41, 5.74) is 3.82. The highest BCUT2D eigenvalue weighted by Gasteiger charge is 2.35. The number of rotatable bonds is 3. The maximum Gasteiger partial charge on any atom is 0.415 e. The zero-order valence-corrected chi connectivity index (χ0v) is 14.8. The molecule has 0 unspecified atom stereocenters. The van der Waals surface area contributed by atoms with E-state index in [-0.39, 0.29) is 12.1 Å². The molecular weight excluding hydrogens is 344 g/mol. The molecular formula is C20H20N4O3. The van der Waals surface area contributed by atoms with Crippen LogP contribution in [0.15, 0.2) is 55.0 Å². The Bertz CT molecular complexity index is 963. The highest BCUT2D eigenvalue weighted by atomic mass is 16.6. The van der Waals surface area contributed by atoms with Gasteiger partial charge in [-0.05, 0) is 23.8 Å². The van der Waals surface area contributed by atoms with E-state index in [1.165, 1.54) is 5.69 Å². The zero-order valence-electron chi connectivity index (χ0n) is 14.8. The Morgan fingerprint density at radius 2 is 1.81 bits per heavy atom. The molecule has 27 heavy (non-hydrogen) atoms. The highest BCUT2D eigenvalue weighted by Crippen LogP contribution is 2.34. The molecule has 2 aliphatic heterocycles. The van der Waals surface area contributed by atoms with Crippen LogP contribution in [0.5, 0.6) is 0 Å². The summed E-state index contributed by atoms with van der Waals surface area (Å²) in [7, 11) is 0. The van der Waals surface area contributed by atoms with Gasteiger partial charge in [0.2, 0.25) is 0 Å². The van der Waals surface area contributed by atoms with Crippen molar-refractivity contribution in [1.29, 1.82) is 0 Å². The van der Waals surface area contributed by atoms with Crippen LogP contribution in [0.25, 0.3) is 5.65 Å². The van der Waals surface area contributed by atoms with Crippen LogP contribution in [0.1, 0.15) is 11.6 Å². The van der Waals surface area contributed by atoms with Crippen molar-refractivity contribution in [2.24, 2.45) is 0 Å². The highest BCUT2D eigenvalue weighted by molar-refractivity contribution is 5.91. The van der Waals surface area contributed by atoms with Crippen molar-refractivity contribution >= 4 is 23.1 Å². The predicted molar refractivity (Wildman–Crippen MR) is 101 cm³/mol. The van der Waals surface area contributed by atoms with Crippen LogP contribution in [0.3, 0.4) is 0 Å². The average molecular weight is 364 g/mol. The van der Waals surface area contributed by atoms with Crippen molar-refractivity contribution in [1.82, 2.24) is 9.38 Å². The van der Waals surface area contributed by atoms with Crippen molar-refractivity contribution < 1.29 is 14.3 Å². The molecule has 0 aliphatic carbocycles. The van der Waals surface area contributed by atoms with Crippen LogP contribution in [0, 0.1) is 0 Å². The molecule has 138 valence electrons. The number of nitrogens with zero attached hydrogens (tertiary/aromatic N) is 4. The van der Waals surface area contributed by atoms with Crippen molar-refractivity contribution in [3.8, 4) is 0 Å². The van der Waals surface area contributed by atoms with Gasteiger partial charge in [0.25, 0.3) is 0 Å². The predicted octanol–water partition coefficient (Wildman–Crippen LogP) is 2.87. The van der Waals surface area contributed by atoms with Crippen LogP contribution in [-0.2, 0) is 9.47 Å². The van der Waals surface area contributed by atoms with Gasteiger partial charge in [0, 0.05) is 43.4 Å². The van der Waals surface area contributed by atoms with E-state index in [0.717, 1.165) is 43.2 Å². The molecule has 1 atom stereocenters. The smallest absolute Gasteiger partial charge is 0.415 e. The van der Waals surface area contributed by atoms with Crippen LogP contribution < -0.4 is 9.80 Å². The number of carbonyl (C=O) groups excluding carboxylic acids is 1. The summed E-state index contributed by atoms with van der Waals surface area (Å²) in [5.74, 6) is 0. The number of pyridine rings is 1. The monoisotopic (exact) mass is 364 g/mol. The van der Waals surface area contributed by atoms with Crippen LogP contribution in [0.4, 0.5) is 16.2 Å². The fraction of sp³-hybridized carbons (Fsp3) is 0.300. The maximum atomic E-state index is 12.4. The van der Waals surface area contributed by atoms with E-state index in [0.29, 0.717) is 6.61 Å². The Kier molecular flexibility index (Phi) is 3.94. The van der Waals surface area contributed by atoms with Crippen LogP contribution in [0.2, 0.25) is 0 Å². The minimum absolute atomic E-state index is 0.145. The van der Waals surface area contributed by atoms with Crippen molar-refractivity contribution in [3.63, 3.8) is 0 Å². The van der Waals surface area contributed by atoms with E-state index in [2.05, 4.69) is 34.1 Å². The summed E-state index contributed by atoms with van der Waals surface area (Å²) < 4.78 is 12.7. The molecule has 0 saturated carbocycles. The minimum atomic E-state index is -0.326. The third-order valence-electron chi connectivity index (χ3n) is 5.19. The van der Waals surface area contributed by atoms with Gasteiger partial charge in [0.15, 0.2) is 0 Å². The summed E-state index contributed by atoms with van der Waals surface area (Å²) in [6.07, 6.45) is 5.20. The number of ether oxygens (including phenoxy) is 2. The molecule has 2 fully saturated rings. The van der Waals surface area contributed by atoms with E-state index in [1.807, 2.05) is 28.9 Å². The molecule has 1 amide bonds. The molecule has 5 rings (SSSR count). The molecule has 2 aromatic heterocycles. The molecule has 4 heterocycles. The van der Waals surface area contributed by atoms with Crippen molar-refractivity contribution in [2.45, 2.75) is 6.04 Å². The lowest BCUT2D eigenvalue weighted by Crippen LogP contribution is -2.36. The van der Waals surface area contributed by atoms with Crippen LogP contribution >= 0.6 is 0 Å².